The second kappa shape index (κ2) is 9.66. The van der Waals surface area contributed by atoms with Crippen LogP contribution in [0.25, 0.3) is 0 Å². The standard InChI is InChI=1S/C3H3IO4.BH3O3.H3N/c4-1(2(5)6)3(7)8;2-1(3)4;/h1H,(H,5,6)(H,7,8);2-4H;1H3. The highest BCUT2D eigenvalue weighted by atomic mass is 127. The lowest BCUT2D eigenvalue weighted by molar-refractivity contribution is -0.145. The third-order valence-electron chi connectivity index (χ3n) is 0.434. The summed E-state index contributed by atoms with van der Waals surface area (Å²) >= 11 is 1.32. The molecule has 0 aliphatic carbocycles. The van der Waals surface area contributed by atoms with Crippen molar-refractivity contribution in [1.82, 2.24) is 6.15 Å². The Labute approximate surface area is 87.1 Å². The molecule has 0 saturated carbocycles. The molecule has 13 heavy (non-hydrogen) atoms. The highest BCUT2D eigenvalue weighted by Gasteiger charge is 2.20. The van der Waals surface area contributed by atoms with Gasteiger partial charge in [-0.15, -0.1) is 0 Å². The van der Waals surface area contributed by atoms with Crippen LogP contribution >= 0.6 is 22.6 Å². The van der Waals surface area contributed by atoms with Crippen molar-refractivity contribution in [2.45, 2.75) is 3.92 Å². The van der Waals surface area contributed by atoms with Gasteiger partial charge in [0.25, 0.3) is 0 Å². The van der Waals surface area contributed by atoms with Gasteiger partial charge in [0.15, 0.2) is 0 Å². The number of aliphatic carboxylic acids is 2. The van der Waals surface area contributed by atoms with E-state index in [9.17, 15) is 9.59 Å². The van der Waals surface area contributed by atoms with E-state index in [1.54, 1.807) is 0 Å². The second-order valence-corrected chi connectivity index (χ2v) is 2.63. The van der Waals surface area contributed by atoms with Gasteiger partial charge in [-0.1, -0.05) is 22.6 Å². The van der Waals surface area contributed by atoms with Gasteiger partial charge in [0.05, 0.1) is 0 Å². The Bertz CT molecular complexity index is 147. The van der Waals surface area contributed by atoms with Crippen LogP contribution in [-0.4, -0.2) is 48.5 Å². The number of carboxylic acids is 2. The Morgan fingerprint density at radius 2 is 1.23 bits per heavy atom. The van der Waals surface area contributed by atoms with E-state index < -0.39 is 23.2 Å². The molecule has 0 aliphatic heterocycles. The molecule has 0 unspecified atom stereocenters. The van der Waals surface area contributed by atoms with E-state index in [2.05, 4.69) is 0 Å². The lowest BCUT2D eigenvalue weighted by Crippen LogP contribution is -2.22. The van der Waals surface area contributed by atoms with Crippen molar-refractivity contribution in [3.63, 3.8) is 0 Å². The van der Waals surface area contributed by atoms with Crippen molar-refractivity contribution < 1.29 is 34.9 Å². The molecular weight excluding hydrogens is 300 g/mol. The monoisotopic (exact) mass is 309 g/mol. The van der Waals surface area contributed by atoms with E-state index in [0.717, 1.165) is 0 Å². The molecule has 0 radical (unpaired) electrons. The molecule has 0 aromatic carbocycles. The summed E-state index contributed by atoms with van der Waals surface area (Å²) in [5.41, 5.74) is 0. The Morgan fingerprint density at radius 3 is 1.23 bits per heavy atom. The molecule has 8 nitrogen and oxygen atoms in total. The molecule has 78 valence electrons. The van der Waals surface area contributed by atoms with Crippen molar-refractivity contribution in [3.05, 3.63) is 0 Å². The van der Waals surface area contributed by atoms with Crippen molar-refractivity contribution in [2.75, 3.05) is 0 Å². The third kappa shape index (κ3) is 18.5. The summed E-state index contributed by atoms with van der Waals surface area (Å²) in [5.74, 6) is -2.64. The summed E-state index contributed by atoms with van der Waals surface area (Å²) in [5, 5.41) is 37.4. The minimum absolute atomic E-state index is 0. The van der Waals surface area contributed by atoms with Gasteiger partial charge in [0.1, 0.15) is 0 Å². The summed E-state index contributed by atoms with van der Waals surface area (Å²) < 4.78 is -1.33. The minimum Gasteiger partial charge on any atom is -0.480 e. The molecular formula is C3H9BINO7. The van der Waals surface area contributed by atoms with Crippen molar-refractivity contribution in [1.29, 1.82) is 0 Å². The number of carbonyl (C=O) groups is 2. The predicted molar refractivity (Wildman–Crippen MR) is 50.5 cm³/mol. The second-order valence-electron chi connectivity index (χ2n) is 1.39. The fraction of sp³-hybridized carbons (Fsp3) is 0.333. The van der Waals surface area contributed by atoms with Crippen LogP contribution < -0.4 is 6.15 Å². The van der Waals surface area contributed by atoms with Crippen molar-refractivity contribution in [2.24, 2.45) is 0 Å². The number of carboxylic acid groups (broad SMARTS) is 2. The van der Waals surface area contributed by atoms with Crippen LogP contribution in [0.5, 0.6) is 0 Å². The van der Waals surface area contributed by atoms with E-state index in [1.807, 2.05) is 0 Å². The topological polar surface area (TPSA) is 170 Å². The zero-order chi connectivity index (χ0) is 10.3. The summed E-state index contributed by atoms with van der Waals surface area (Å²) in [7, 11) is -2.17. The van der Waals surface area contributed by atoms with Crippen LogP contribution in [0.4, 0.5) is 0 Å². The summed E-state index contributed by atoms with van der Waals surface area (Å²) in [4.78, 5) is 19.5. The fourth-order valence-electron chi connectivity index (χ4n) is 0.106. The smallest absolute Gasteiger partial charge is 0.480 e. The molecule has 0 saturated heterocycles. The first-order chi connectivity index (χ1) is 5.29. The minimum atomic E-state index is -2.17. The average molecular weight is 309 g/mol. The first kappa shape index (κ1) is 18.4. The molecule has 0 rings (SSSR count). The molecule has 0 atom stereocenters. The number of alkyl halides is 1. The molecule has 0 aromatic heterocycles. The Hall–Kier alpha value is -0.425. The van der Waals surface area contributed by atoms with Gasteiger partial charge < -0.3 is 31.4 Å². The molecule has 0 heterocycles. The van der Waals surface area contributed by atoms with E-state index in [-0.39, 0.29) is 6.15 Å². The maximum Gasteiger partial charge on any atom is 0.631 e. The maximum absolute atomic E-state index is 9.75. The first-order valence-electron chi connectivity index (χ1n) is 2.43. The van der Waals surface area contributed by atoms with Crippen LogP contribution in [-0.2, 0) is 9.59 Å². The predicted octanol–water partition coefficient (Wildman–Crippen LogP) is -1.93. The molecule has 0 fully saturated rings. The van der Waals surface area contributed by atoms with Crippen LogP contribution in [0, 0.1) is 0 Å². The van der Waals surface area contributed by atoms with E-state index in [4.69, 9.17) is 25.3 Å². The van der Waals surface area contributed by atoms with E-state index in [0.29, 0.717) is 0 Å². The lowest BCUT2D eigenvalue weighted by atomic mass is 10.3. The lowest BCUT2D eigenvalue weighted by Gasteiger charge is -1.92. The van der Waals surface area contributed by atoms with Crippen LogP contribution in [0.1, 0.15) is 0 Å². The zero-order valence-corrected chi connectivity index (χ0v) is 8.45. The number of halogens is 1. The summed E-state index contributed by atoms with van der Waals surface area (Å²) in [6.07, 6.45) is 0. The third-order valence-corrected chi connectivity index (χ3v) is 1.50. The largest absolute Gasteiger partial charge is 0.631 e. The van der Waals surface area contributed by atoms with Gasteiger partial charge in [-0.3, -0.25) is 9.59 Å². The maximum atomic E-state index is 9.75. The zero-order valence-electron chi connectivity index (χ0n) is 6.29. The van der Waals surface area contributed by atoms with Gasteiger partial charge in [-0.05, 0) is 0 Å². The first-order valence-corrected chi connectivity index (χ1v) is 3.67. The molecule has 0 aliphatic rings. The molecule has 10 heteroatoms. The highest BCUT2D eigenvalue weighted by molar-refractivity contribution is 14.1. The summed E-state index contributed by atoms with van der Waals surface area (Å²) in [6.45, 7) is 0. The molecule has 0 bridgehead atoms. The van der Waals surface area contributed by atoms with Crippen molar-refractivity contribution >= 4 is 41.9 Å². The fourth-order valence-corrected chi connectivity index (χ4v) is 0.106. The molecule has 0 spiro atoms. The normalized spacial score (nSPS) is 7.77. The number of hydrogen-bond acceptors (Lipinski definition) is 6. The van der Waals surface area contributed by atoms with Crippen LogP contribution in [0.3, 0.4) is 0 Å². The van der Waals surface area contributed by atoms with Gasteiger partial charge in [-0.2, -0.15) is 0 Å². The molecule has 0 amide bonds. The number of rotatable bonds is 2. The SMILES string of the molecule is N.O=C(O)C(I)C(=O)O.OB(O)O. The Morgan fingerprint density at radius 1 is 1.08 bits per heavy atom. The van der Waals surface area contributed by atoms with Crippen molar-refractivity contribution in [3.8, 4) is 0 Å². The van der Waals surface area contributed by atoms with E-state index in [1.165, 1.54) is 22.6 Å². The Kier molecular flexibility index (Phi) is 13.7. The van der Waals surface area contributed by atoms with Gasteiger partial charge in [0, 0.05) is 0 Å². The Balaban J connectivity index is -0.000000173. The van der Waals surface area contributed by atoms with Crippen LogP contribution in [0.2, 0.25) is 0 Å². The summed E-state index contributed by atoms with van der Waals surface area (Å²) in [6, 6.07) is 0. The van der Waals surface area contributed by atoms with Gasteiger partial charge in [0.2, 0.25) is 3.92 Å². The molecule has 0 aromatic rings. The van der Waals surface area contributed by atoms with Crippen LogP contribution in [0.15, 0.2) is 0 Å². The van der Waals surface area contributed by atoms with Gasteiger partial charge in [-0.25, -0.2) is 0 Å². The number of hydrogen-bond donors (Lipinski definition) is 6. The van der Waals surface area contributed by atoms with Gasteiger partial charge >= 0.3 is 19.3 Å². The highest BCUT2D eigenvalue weighted by Crippen LogP contribution is 1.98. The average Bonchev–Trinajstić information content (AvgIpc) is 1.84. The quantitative estimate of drug-likeness (QED) is 0.148. The molecule has 8 N–H and O–H groups in total. The van der Waals surface area contributed by atoms with E-state index >= 15 is 0 Å².